The summed E-state index contributed by atoms with van der Waals surface area (Å²) in [5, 5.41) is 24.7. The van der Waals surface area contributed by atoms with Gasteiger partial charge in [-0.2, -0.15) is 0 Å². The van der Waals surface area contributed by atoms with Gasteiger partial charge in [-0.05, 0) is 12.8 Å². The number of carbonyl (C=O) groups excluding carboxylic acids is 1. The van der Waals surface area contributed by atoms with Crippen LogP contribution in [0.4, 0.5) is 0 Å². The summed E-state index contributed by atoms with van der Waals surface area (Å²) in [6, 6.07) is -1.07. The Morgan fingerprint density at radius 1 is 0.552 bits per heavy atom. The van der Waals surface area contributed by atoms with Gasteiger partial charge in [-0.15, -0.1) is 0 Å². The molecule has 4 unspecified atom stereocenters. The lowest BCUT2D eigenvalue weighted by atomic mass is 9.99. The minimum Gasteiger partial charge on any atom is -0.756 e. The highest BCUT2D eigenvalue weighted by Gasteiger charge is 2.29. The number of aliphatic hydroxyl groups excluding tert-OH is 2. The van der Waals surface area contributed by atoms with E-state index in [9.17, 15) is 24.5 Å². The molecule has 0 bridgehead atoms. The third-order valence-electron chi connectivity index (χ3n) is 11.7. The lowest BCUT2D eigenvalue weighted by Gasteiger charge is -2.31. The predicted octanol–water partition coefficient (Wildman–Crippen LogP) is 12.5. The molecule has 0 spiro atoms. The molecular formula is C48H99N2O7P. The number of phosphoric acid groups is 1. The number of nitrogens with zero attached hydrogens (tertiary/aromatic N) is 1. The van der Waals surface area contributed by atoms with Crippen molar-refractivity contribution >= 4 is 13.7 Å². The molecule has 1 amide bonds. The summed E-state index contributed by atoms with van der Waals surface area (Å²) in [7, 11) is 1.14. The zero-order chi connectivity index (χ0) is 43.0. The van der Waals surface area contributed by atoms with Crippen molar-refractivity contribution in [3.05, 3.63) is 0 Å². The van der Waals surface area contributed by atoms with Crippen LogP contribution in [-0.2, 0) is 18.4 Å². The molecule has 0 fully saturated rings. The van der Waals surface area contributed by atoms with E-state index in [0.717, 1.165) is 38.5 Å². The van der Waals surface area contributed by atoms with Gasteiger partial charge >= 0.3 is 0 Å². The predicted molar refractivity (Wildman–Crippen MR) is 244 cm³/mol. The lowest BCUT2D eigenvalue weighted by molar-refractivity contribution is -0.870. The average molecular weight is 847 g/mol. The Bertz CT molecular complexity index is 934. The summed E-state index contributed by atoms with van der Waals surface area (Å²) in [5.74, 6) is -0.273. The van der Waals surface area contributed by atoms with Crippen molar-refractivity contribution in [3.8, 4) is 0 Å². The Morgan fingerprint density at radius 3 is 1.22 bits per heavy atom. The molecule has 0 saturated carbocycles. The molecule has 0 aliphatic heterocycles. The van der Waals surface area contributed by atoms with Crippen LogP contribution in [-0.4, -0.2) is 79.8 Å². The van der Waals surface area contributed by atoms with Crippen LogP contribution in [0.1, 0.15) is 245 Å². The zero-order valence-electron chi connectivity index (χ0n) is 39.1. The minimum atomic E-state index is -4.66. The molecular weight excluding hydrogens is 748 g/mol. The minimum absolute atomic E-state index is 0.0368. The molecule has 0 aromatic carbocycles. The van der Waals surface area contributed by atoms with Gasteiger partial charge in [0.25, 0.3) is 7.82 Å². The Balaban J connectivity index is 4.29. The quantitative estimate of drug-likeness (QED) is 0.0316. The highest BCUT2D eigenvalue weighted by atomic mass is 31.2. The number of amides is 1. The molecule has 9 nitrogen and oxygen atoms in total. The number of nitrogens with one attached hydrogen (secondary N) is 1. The molecule has 0 radical (unpaired) electrons. The molecule has 0 aliphatic rings. The van der Waals surface area contributed by atoms with E-state index in [2.05, 4.69) is 19.2 Å². The van der Waals surface area contributed by atoms with E-state index in [1.54, 1.807) is 0 Å². The van der Waals surface area contributed by atoms with E-state index < -0.39 is 32.7 Å². The van der Waals surface area contributed by atoms with Crippen molar-refractivity contribution < 1.29 is 38.0 Å². The second kappa shape index (κ2) is 40.5. The first-order chi connectivity index (χ1) is 27.9. The van der Waals surface area contributed by atoms with Crippen molar-refractivity contribution in [2.75, 3.05) is 40.9 Å². The first-order valence-corrected chi connectivity index (χ1v) is 26.4. The Kier molecular flexibility index (Phi) is 40.2. The summed E-state index contributed by atoms with van der Waals surface area (Å²) in [4.78, 5) is 25.4. The fraction of sp³-hybridized carbons (Fsp3) is 0.979. The SMILES string of the molecule is CCCCCCCCCCCCCCCCCCCCCCCCC(=O)NC(COP(=O)([O-])OCC[N+](C)(C)C)C(O)C(O)CCCCCCCCCCCCCC. The number of hydrogen-bond acceptors (Lipinski definition) is 7. The summed E-state index contributed by atoms with van der Waals surface area (Å²) < 4.78 is 23.2. The first kappa shape index (κ1) is 57.5. The van der Waals surface area contributed by atoms with Gasteiger partial charge in [0.1, 0.15) is 19.3 Å². The van der Waals surface area contributed by atoms with Crippen LogP contribution in [0, 0.1) is 0 Å². The standard InChI is InChI=1S/C48H99N2O7P/c1-6-8-10-12-14-16-18-20-21-22-23-24-25-26-27-28-29-31-33-35-37-39-41-47(52)49-45(44-57-58(54,55)56-43-42-50(3,4)5)48(53)46(51)40-38-36-34-32-30-19-17-15-13-11-9-7-2/h45-46,48,51,53H,6-44H2,1-5H3,(H-,49,52,54,55). The van der Waals surface area contributed by atoms with E-state index in [4.69, 9.17) is 9.05 Å². The lowest BCUT2D eigenvalue weighted by Crippen LogP contribution is -2.51. The molecule has 4 atom stereocenters. The highest BCUT2D eigenvalue weighted by molar-refractivity contribution is 7.45. The maximum absolute atomic E-state index is 12.9. The number of likely N-dealkylation sites (N-methyl/N-ethyl adjacent to an activating group) is 1. The van der Waals surface area contributed by atoms with Crippen molar-refractivity contribution in [2.45, 2.75) is 263 Å². The molecule has 0 aromatic rings. The number of unbranched alkanes of at least 4 members (excludes halogenated alkanes) is 32. The Morgan fingerprint density at radius 2 is 0.879 bits per heavy atom. The van der Waals surface area contributed by atoms with Gasteiger partial charge in [-0.1, -0.05) is 226 Å². The molecule has 10 heteroatoms. The van der Waals surface area contributed by atoms with Crippen LogP contribution in [0.15, 0.2) is 0 Å². The van der Waals surface area contributed by atoms with Crippen LogP contribution in [0.25, 0.3) is 0 Å². The zero-order valence-corrected chi connectivity index (χ0v) is 40.0. The Labute approximate surface area is 360 Å². The Hall–Kier alpha value is -0.540. The second-order valence-electron chi connectivity index (χ2n) is 18.7. The van der Waals surface area contributed by atoms with Crippen LogP contribution in [0.5, 0.6) is 0 Å². The van der Waals surface area contributed by atoms with Gasteiger partial charge < -0.3 is 34.0 Å². The molecule has 3 N–H and O–H groups in total. The summed E-state index contributed by atoms with van der Waals surface area (Å²) in [6.07, 6.45) is 41.4. The molecule has 0 rings (SSSR count). The maximum Gasteiger partial charge on any atom is 0.268 e. The summed E-state index contributed by atoms with van der Waals surface area (Å²) >= 11 is 0. The third-order valence-corrected chi connectivity index (χ3v) is 12.7. The van der Waals surface area contributed by atoms with Gasteiger partial charge in [-0.3, -0.25) is 9.36 Å². The fourth-order valence-corrected chi connectivity index (χ4v) is 8.39. The monoisotopic (exact) mass is 847 g/mol. The molecule has 0 aromatic heterocycles. The van der Waals surface area contributed by atoms with E-state index in [1.807, 2.05) is 21.1 Å². The van der Waals surface area contributed by atoms with E-state index in [0.29, 0.717) is 17.4 Å². The van der Waals surface area contributed by atoms with Gasteiger partial charge in [0.2, 0.25) is 5.91 Å². The molecule has 0 aliphatic carbocycles. The second-order valence-corrected chi connectivity index (χ2v) is 20.1. The maximum atomic E-state index is 12.9. The van der Waals surface area contributed by atoms with Crippen molar-refractivity contribution in [2.24, 2.45) is 0 Å². The van der Waals surface area contributed by atoms with Gasteiger partial charge in [0, 0.05) is 6.42 Å². The fourth-order valence-electron chi connectivity index (χ4n) is 7.67. The molecule has 0 heterocycles. The van der Waals surface area contributed by atoms with Crippen LogP contribution in [0.3, 0.4) is 0 Å². The normalized spacial score (nSPS) is 14.7. The largest absolute Gasteiger partial charge is 0.756 e. The number of phosphoric ester groups is 1. The molecule has 0 saturated heterocycles. The van der Waals surface area contributed by atoms with Gasteiger partial charge in [0.15, 0.2) is 0 Å². The van der Waals surface area contributed by atoms with Gasteiger partial charge in [0.05, 0.1) is 39.9 Å². The number of rotatable bonds is 46. The van der Waals surface area contributed by atoms with Crippen LogP contribution >= 0.6 is 7.82 Å². The number of aliphatic hydroxyl groups is 2. The molecule has 348 valence electrons. The number of hydrogen-bond donors (Lipinski definition) is 3. The summed E-state index contributed by atoms with van der Waals surface area (Å²) in [5.41, 5.74) is 0. The van der Waals surface area contributed by atoms with Crippen LogP contribution in [0.2, 0.25) is 0 Å². The van der Waals surface area contributed by atoms with Gasteiger partial charge in [-0.25, -0.2) is 0 Å². The molecule has 58 heavy (non-hydrogen) atoms. The summed E-state index contributed by atoms with van der Waals surface area (Å²) in [6.45, 7) is 4.46. The third kappa shape index (κ3) is 40.8. The first-order valence-electron chi connectivity index (χ1n) is 25.0. The van der Waals surface area contributed by atoms with Crippen molar-refractivity contribution in [1.82, 2.24) is 5.32 Å². The highest BCUT2D eigenvalue weighted by Crippen LogP contribution is 2.38. The number of carbonyl (C=O) groups is 1. The van der Waals surface area contributed by atoms with E-state index in [-0.39, 0.29) is 18.9 Å². The smallest absolute Gasteiger partial charge is 0.268 e. The topological polar surface area (TPSA) is 128 Å². The van der Waals surface area contributed by atoms with E-state index >= 15 is 0 Å². The van der Waals surface area contributed by atoms with E-state index in [1.165, 1.54) is 180 Å². The van der Waals surface area contributed by atoms with Crippen molar-refractivity contribution in [3.63, 3.8) is 0 Å². The number of quaternary nitrogens is 1. The average Bonchev–Trinajstić information content (AvgIpc) is 3.17. The van der Waals surface area contributed by atoms with Crippen LogP contribution < -0.4 is 10.2 Å². The van der Waals surface area contributed by atoms with Crippen molar-refractivity contribution in [1.29, 1.82) is 0 Å².